The Kier molecular flexibility index (Phi) is 4.97. The molecule has 0 unspecified atom stereocenters. The van der Waals surface area contributed by atoms with Crippen molar-refractivity contribution in [2.24, 2.45) is 11.7 Å². The first-order chi connectivity index (χ1) is 12.3. The van der Waals surface area contributed by atoms with Crippen LogP contribution in [0.3, 0.4) is 0 Å². The average molecular weight is 381 g/mol. The van der Waals surface area contributed by atoms with Crippen LogP contribution in [0.2, 0.25) is 0 Å². The van der Waals surface area contributed by atoms with Crippen molar-refractivity contribution in [3.8, 4) is 5.75 Å². The maximum atomic E-state index is 12.6. The minimum atomic E-state index is -3.65. The molecule has 0 spiro atoms. The lowest BCUT2D eigenvalue weighted by Crippen LogP contribution is -2.54. The van der Waals surface area contributed by atoms with E-state index in [1.54, 1.807) is 0 Å². The fourth-order valence-corrected chi connectivity index (χ4v) is 4.52. The van der Waals surface area contributed by atoms with Gasteiger partial charge in [0, 0.05) is 38.4 Å². The molecule has 1 aromatic rings. The van der Waals surface area contributed by atoms with Crippen molar-refractivity contribution in [1.82, 2.24) is 9.21 Å². The molecule has 140 valence electrons. The highest BCUT2D eigenvalue weighted by Gasteiger charge is 2.40. The van der Waals surface area contributed by atoms with Crippen LogP contribution in [-0.2, 0) is 24.4 Å². The summed E-state index contributed by atoms with van der Waals surface area (Å²) in [5, 5.41) is 0. The number of hydrogen-bond donors (Lipinski definition) is 1. The summed E-state index contributed by atoms with van der Waals surface area (Å²) in [6, 6.07) is 5.70. The topological polar surface area (TPSA) is 127 Å². The van der Waals surface area contributed by atoms with Crippen molar-refractivity contribution in [3.05, 3.63) is 24.3 Å². The highest BCUT2D eigenvalue weighted by molar-refractivity contribution is 7.89. The third-order valence-electron chi connectivity index (χ3n) is 4.36. The Morgan fingerprint density at radius 3 is 2.23 bits per heavy atom. The standard InChI is InChI=1S/C16H19N3O6S/c17-14(20)10-25-12-1-3-13(4-2-12)26(23,24)18-7-11(8-18)9-19-15(21)5-6-16(19)22/h1-4,11H,5-10H2,(H2,17,20). The van der Waals surface area contributed by atoms with Crippen LogP contribution in [-0.4, -0.2) is 61.6 Å². The van der Waals surface area contributed by atoms with Crippen LogP contribution in [0.1, 0.15) is 12.8 Å². The van der Waals surface area contributed by atoms with E-state index < -0.39 is 15.9 Å². The van der Waals surface area contributed by atoms with Gasteiger partial charge in [0.2, 0.25) is 21.8 Å². The molecule has 10 heteroatoms. The molecule has 9 nitrogen and oxygen atoms in total. The largest absolute Gasteiger partial charge is 0.484 e. The first-order valence-electron chi connectivity index (χ1n) is 8.12. The summed E-state index contributed by atoms with van der Waals surface area (Å²) in [5.74, 6) is -0.710. The van der Waals surface area contributed by atoms with E-state index in [0.717, 1.165) is 0 Å². The molecule has 2 heterocycles. The van der Waals surface area contributed by atoms with Crippen molar-refractivity contribution in [3.63, 3.8) is 0 Å². The summed E-state index contributed by atoms with van der Waals surface area (Å²) in [5.41, 5.74) is 4.98. The molecule has 0 aromatic heterocycles. The van der Waals surface area contributed by atoms with Gasteiger partial charge in [-0.3, -0.25) is 19.3 Å². The maximum absolute atomic E-state index is 12.6. The van der Waals surface area contributed by atoms with E-state index >= 15 is 0 Å². The van der Waals surface area contributed by atoms with E-state index in [9.17, 15) is 22.8 Å². The van der Waals surface area contributed by atoms with Gasteiger partial charge in [-0.15, -0.1) is 0 Å². The molecule has 0 aliphatic carbocycles. The molecule has 0 radical (unpaired) electrons. The second-order valence-electron chi connectivity index (χ2n) is 6.31. The second-order valence-corrected chi connectivity index (χ2v) is 8.25. The molecule has 3 amide bonds. The predicted octanol–water partition coefficient (Wildman–Crippen LogP) is -0.680. The Labute approximate surface area is 150 Å². The summed E-state index contributed by atoms with van der Waals surface area (Å²) in [7, 11) is -3.65. The number of carbonyl (C=O) groups is 3. The molecule has 1 aromatic carbocycles. The number of nitrogens with zero attached hydrogens (tertiary/aromatic N) is 2. The van der Waals surface area contributed by atoms with Gasteiger partial charge in [0.15, 0.2) is 6.61 Å². The molecule has 2 aliphatic heterocycles. The molecule has 2 aliphatic rings. The number of carbonyl (C=O) groups excluding carboxylic acids is 3. The van der Waals surface area contributed by atoms with Crippen LogP contribution in [0.25, 0.3) is 0 Å². The summed E-state index contributed by atoms with van der Waals surface area (Å²) >= 11 is 0. The van der Waals surface area contributed by atoms with Crippen molar-refractivity contribution < 1.29 is 27.5 Å². The summed E-state index contributed by atoms with van der Waals surface area (Å²) in [6.07, 6.45) is 0.468. The SMILES string of the molecule is NC(=O)COc1ccc(S(=O)(=O)N2CC(CN3C(=O)CCC3=O)C2)cc1. The fourth-order valence-electron chi connectivity index (χ4n) is 2.93. The van der Waals surface area contributed by atoms with Crippen LogP contribution in [0.4, 0.5) is 0 Å². The van der Waals surface area contributed by atoms with Gasteiger partial charge in [-0.2, -0.15) is 4.31 Å². The molecule has 0 saturated carbocycles. The smallest absolute Gasteiger partial charge is 0.255 e. The monoisotopic (exact) mass is 381 g/mol. The Balaban J connectivity index is 1.57. The van der Waals surface area contributed by atoms with Crippen LogP contribution >= 0.6 is 0 Å². The summed E-state index contributed by atoms with van der Waals surface area (Å²) in [4.78, 5) is 35.2. The number of primary amides is 1. The maximum Gasteiger partial charge on any atom is 0.255 e. The molecule has 26 heavy (non-hydrogen) atoms. The van der Waals surface area contributed by atoms with Crippen molar-refractivity contribution in [2.75, 3.05) is 26.2 Å². The number of imide groups is 1. The number of nitrogens with two attached hydrogens (primary N) is 1. The predicted molar refractivity (Wildman–Crippen MR) is 89.3 cm³/mol. The Hall–Kier alpha value is -2.46. The lowest BCUT2D eigenvalue weighted by molar-refractivity contribution is -0.139. The number of ether oxygens (including phenoxy) is 1. The van der Waals surface area contributed by atoms with Crippen molar-refractivity contribution >= 4 is 27.7 Å². The van der Waals surface area contributed by atoms with Crippen LogP contribution in [0.15, 0.2) is 29.2 Å². The highest BCUT2D eigenvalue weighted by Crippen LogP contribution is 2.28. The molecule has 2 fully saturated rings. The van der Waals surface area contributed by atoms with Crippen molar-refractivity contribution in [1.29, 1.82) is 0 Å². The van der Waals surface area contributed by atoms with Gasteiger partial charge in [0.1, 0.15) is 5.75 Å². The zero-order valence-electron chi connectivity index (χ0n) is 14.0. The Morgan fingerprint density at radius 2 is 1.69 bits per heavy atom. The molecule has 0 bridgehead atoms. The quantitative estimate of drug-likeness (QED) is 0.624. The number of sulfonamides is 1. The Morgan fingerprint density at radius 1 is 1.12 bits per heavy atom. The zero-order chi connectivity index (χ0) is 18.9. The number of rotatable bonds is 7. The normalized spacial score (nSPS) is 18.8. The molecule has 3 rings (SSSR count). The van der Waals surface area contributed by atoms with Gasteiger partial charge in [0.25, 0.3) is 5.91 Å². The van der Waals surface area contributed by atoms with Gasteiger partial charge in [-0.05, 0) is 24.3 Å². The minimum absolute atomic E-state index is 0.0473. The van der Waals surface area contributed by atoms with Gasteiger partial charge in [-0.1, -0.05) is 0 Å². The summed E-state index contributed by atoms with van der Waals surface area (Å²) < 4.78 is 31.5. The van der Waals surface area contributed by atoms with Crippen molar-refractivity contribution in [2.45, 2.75) is 17.7 Å². The van der Waals surface area contributed by atoms with E-state index in [4.69, 9.17) is 10.5 Å². The highest BCUT2D eigenvalue weighted by atomic mass is 32.2. The third-order valence-corrected chi connectivity index (χ3v) is 6.21. The zero-order valence-corrected chi connectivity index (χ0v) is 14.8. The van der Waals surface area contributed by atoms with Crippen LogP contribution in [0.5, 0.6) is 5.75 Å². The van der Waals surface area contributed by atoms with E-state index in [1.165, 1.54) is 33.5 Å². The lowest BCUT2D eigenvalue weighted by atomic mass is 10.0. The van der Waals surface area contributed by atoms with E-state index in [2.05, 4.69) is 0 Å². The van der Waals surface area contributed by atoms with Gasteiger partial charge in [0.05, 0.1) is 4.90 Å². The van der Waals surface area contributed by atoms with Gasteiger partial charge < -0.3 is 10.5 Å². The first-order valence-corrected chi connectivity index (χ1v) is 9.56. The number of likely N-dealkylation sites (tertiary alicyclic amines) is 1. The molecule has 2 N–H and O–H groups in total. The summed E-state index contributed by atoms with van der Waals surface area (Å²) in [6.45, 7) is 0.510. The lowest BCUT2D eigenvalue weighted by Gasteiger charge is -2.39. The first kappa shape index (κ1) is 18.3. The van der Waals surface area contributed by atoms with E-state index in [0.29, 0.717) is 5.75 Å². The van der Waals surface area contributed by atoms with Gasteiger partial charge >= 0.3 is 0 Å². The van der Waals surface area contributed by atoms with Crippen LogP contribution in [0, 0.1) is 5.92 Å². The average Bonchev–Trinajstić information content (AvgIpc) is 2.87. The van der Waals surface area contributed by atoms with E-state index in [-0.39, 0.29) is 61.7 Å². The van der Waals surface area contributed by atoms with E-state index in [1.807, 2.05) is 0 Å². The molecular weight excluding hydrogens is 362 g/mol. The molecule has 0 atom stereocenters. The van der Waals surface area contributed by atoms with Crippen LogP contribution < -0.4 is 10.5 Å². The number of hydrogen-bond acceptors (Lipinski definition) is 6. The number of benzene rings is 1. The molecular formula is C16H19N3O6S. The third kappa shape index (κ3) is 3.70. The van der Waals surface area contributed by atoms with Gasteiger partial charge in [-0.25, -0.2) is 8.42 Å². The minimum Gasteiger partial charge on any atom is -0.484 e. The Bertz CT molecular complexity index is 814. The fraction of sp³-hybridized carbons (Fsp3) is 0.438. The second kappa shape index (κ2) is 7.04. The molecule has 2 saturated heterocycles. The number of amides is 3.